The highest BCUT2D eigenvalue weighted by atomic mass is 35.5. The van der Waals surface area contributed by atoms with Crippen molar-refractivity contribution in [3.63, 3.8) is 0 Å². The molecule has 0 bridgehead atoms. The van der Waals surface area contributed by atoms with E-state index in [4.69, 9.17) is 16.3 Å². The third kappa shape index (κ3) is 4.29. The number of hydrogen-bond donors (Lipinski definition) is 1. The number of nitrogens with one attached hydrogen (secondary N) is 1. The van der Waals surface area contributed by atoms with E-state index in [-0.39, 0.29) is 36.7 Å². The van der Waals surface area contributed by atoms with E-state index in [1.165, 1.54) is 23.1 Å². The Bertz CT molecular complexity index is 1370. The highest BCUT2D eigenvalue weighted by Gasteiger charge is 2.35. The molecule has 1 N–H and O–H groups in total. The van der Waals surface area contributed by atoms with E-state index in [9.17, 15) is 23.6 Å². The van der Waals surface area contributed by atoms with Gasteiger partial charge in [-0.05, 0) is 42.5 Å². The summed E-state index contributed by atoms with van der Waals surface area (Å²) in [6.07, 6.45) is -0.119. The Hall–Kier alpha value is -4.24. The lowest BCUT2D eigenvalue weighted by atomic mass is 10.1. The molecule has 0 saturated heterocycles. The van der Waals surface area contributed by atoms with Crippen molar-refractivity contribution in [2.75, 3.05) is 23.4 Å². The van der Waals surface area contributed by atoms with Crippen molar-refractivity contribution in [1.82, 2.24) is 4.90 Å². The van der Waals surface area contributed by atoms with Crippen LogP contribution >= 0.6 is 11.6 Å². The van der Waals surface area contributed by atoms with Gasteiger partial charge in [-0.25, -0.2) is 4.39 Å². The van der Waals surface area contributed by atoms with Gasteiger partial charge in [0.15, 0.2) is 6.61 Å². The lowest BCUT2D eigenvalue weighted by Gasteiger charge is -2.30. The molecule has 0 fully saturated rings. The van der Waals surface area contributed by atoms with Gasteiger partial charge >= 0.3 is 0 Å². The molecule has 2 heterocycles. The van der Waals surface area contributed by atoms with Gasteiger partial charge in [-0.15, -0.1) is 0 Å². The van der Waals surface area contributed by atoms with Gasteiger partial charge in [-0.1, -0.05) is 29.8 Å². The summed E-state index contributed by atoms with van der Waals surface area (Å²) in [6, 6.07) is 15.5. The number of benzene rings is 3. The van der Waals surface area contributed by atoms with Crippen molar-refractivity contribution < 1.29 is 28.3 Å². The van der Waals surface area contributed by atoms with E-state index in [1.54, 1.807) is 42.5 Å². The second kappa shape index (κ2) is 9.43. The number of carbonyl (C=O) groups is 4. The van der Waals surface area contributed by atoms with Crippen molar-refractivity contribution in [3.05, 3.63) is 88.2 Å². The van der Waals surface area contributed by atoms with E-state index in [0.717, 1.165) is 4.90 Å². The standard InChI is InChI=1S/C26H19ClFN3O5/c27-19-6-3-7-20(28)18(19)13-31-21-12-15(8-9-22(21)36-14-24(31)33)29-23(32)10-11-30-25(34)16-4-1-2-5-17(16)26(30)35/h1-9,12H,10-11,13-14H2,(H,29,32). The highest BCUT2D eigenvalue weighted by molar-refractivity contribution is 6.31. The fraction of sp³-hybridized carbons (Fsp3) is 0.154. The van der Waals surface area contributed by atoms with Gasteiger partial charge in [0.05, 0.1) is 23.4 Å². The highest BCUT2D eigenvalue weighted by Crippen LogP contribution is 2.36. The second-order valence-electron chi connectivity index (χ2n) is 8.26. The molecule has 10 heteroatoms. The molecule has 0 aliphatic carbocycles. The van der Waals surface area contributed by atoms with E-state index < -0.39 is 29.4 Å². The summed E-state index contributed by atoms with van der Waals surface area (Å²) in [5.74, 6) is -1.84. The molecule has 0 aromatic heterocycles. The van der Waals surface area contributed by atoms with Crippen molar-refractivity contribution in [2.24, 2.45) is 0 Å². The summed E-state index contributed by atoms with van der Waals surface area (Å²) in [4.78, 5) is 52.6. The molecule has 5 rings (SSSR count). The maximum Gasteiger partial charge on any atom is 0.265 e. The van der Waals surface area contributed by atoms with Crippen LogP contribution in [-0.2, 0) is 16.1 Å². The maximum absolute atomic E-state index is 14.4. The Morgan fingerprint density at radius 3 is 2.39 bits per heavy atom. The van der Waals surface area contributed by atoms with Crippen LogP contribution in [0.15, 0.2) is 60.7 Å². The molecule has 0 spiro atoms. The monoisotopic (exact) mass is 507 g/mol. The third-order valence-corrected chi connectivity index (χ3v) is 6.36. The fourth-order valence-electron chi connectivity index (χ4n) is 4.17. The number of fused-ring (bicyclic) bond motifs is 2. The van der Waals surface area contributed by atoms with Crippen LogP contribution in [0.3, 0.4) is 0 Å². The lowest BCUT2D eigenvalue weighted by molar-refractivity contribution is -0.121. The van der Waals surface area contributed by atoms with E-state index in [1.807, 2.05) is 0 Å². The van der Waals surface area contributed by atoms with Crippen molar-refractivity contribution in [3.8, 4) is 5.75 Å². The Morgan fingerprint density at radius 1 is 0.972 bits per heavy atom. The minimum atomic E-state index is -0.541. The Kier molecular flexibility index (Phi) is 6.15. The van der Waals surface area contributed by atoms with Crippen molar-refractivity contribution in [1.29, 1.82) is 0 Å². The molecular formula is C26H19ClFN3O5. The zero-order valence-corrected chi connectivity index (χ0v) is 19.5. The van der Waals surface area contributed by atoms with Gasteiger partial charge in [-0.2, -0.15) is 0 Å². The first kappa shape index (κ1) is 23.5. The molecule has 0 saturated carbocycles. The van der Waals surface area contributed by atoms with Gasteiger partial charge in [-0.3, -0.25) is 24.1 Å². The average Bonchev–Trinajstić information content (AvgIpc) is 3.11. The van der Waals surface area contributed by atoms with Crippen LogP contribution in [-0.4, -0.2) is 41.7 Å². The van der Waals surface area contributed by atoms with Gasteiger partial charge in [0.2, 0.25) is 5.91 Å². The summed E-state index contributed by atoms with van der Waals surface area (Å²) in [7, 11) is 0. The third-order valence-electron chi connectivity index (χ3n) is 6.00. The molecule has 0 atom stereocenters. The van der Waals surface area contributed by atoms with Crippen LogP contribution in [0.4, 0.5) is 15.8 Å². The molecule has 8 nitrogen and oxygen atoms in total. The summed E-state index contributed by atoms with van der Waals surface area (Å²) < 4.78 is 19.8. The number of hydrogen-bond acceptors (Lipinski definition) is 5. The first-order valence-electron chi connectivity index (χ1n) is 11.1. The van der Waals surface area contributed by atoms with Gasteiger partial charge in [0.25, 0.3) is 17.7 Å². The number of rotatable bonds is 6. The second-order valence-corrected chi connectivity index (χ2v) is 8.66. The topological polar surface area (TPSA) is 96.0 Å². The number of nitrogens with zero attached hydrogens (tertiary/aromatic N) is 2. The van der Waals surface area contributed by atoms with Gasteiger partial charge in [0.1, 0.15) is 11.6 Å². The maximum atomic E-state index is 14.4. The summed E-state index contributed by atoms with van der Waals surface area (Å²) >= 11 is 6.14. The zero-order valence-electron chi connectivity index (χ0n) is 18.8. The van der Waals surface area contributed by atoms with Crippen molar-refractivity contribution >= 4 is 46.6 Å². The van der Waals surface area contributed by atoms with Crippen LogP contribution < -0.4 is 15.0 Å². The predicted molar refractivity (Wildman–Crippen MR) is 130 cm³/mol. The first-order chi connectivity index (χ1) is 17.3. The SMILES string of the molecule is O=C(CCN1C(=O)c2ccccc2C1=O)Nc1ccc2c(c1)N(Cc1c(F)cccc1Cl)C(=O)CO2. The molecule has 4 amide bonds. The summed E-state index contributed by atoms with van der Waals surface area (Å²) in [5.41, 5.74) is 1.51. The fourth-order valence-corrected chi connectivity index (χ4v) is 4.40. The molecule has 3 aromatic rings. The molecular weight excluding hydrogens is 489 g/mol. The Balaban J connectivity index is 1.29. The molecule has 36 heavy (non-hydrogen) atoms. The first-order valence-corrected chi connectivity index (χ1v) is 11.5. The molecule has 0 radical (unpaired) electrons. The number of anilines is 2. The normalized spacial score (nSPS) is 14.4. The number of amides is 4. The van der Waals surface area contributed by atoms with E-state index >= 15 is 0 Å². The smallest absolute Gasteiger partial charge is 0.265 e. The molecule has 2 aliphatic heterocycles. The van der Waals surface area contributed by atoms with Crippen LogP contribution in [0.1, 0.15) is 32.7 Å². The number of imide groups is 1. The average molecular weight is 508 g/mol. The van der Waals surface area contributed by atoms with Crippen molar-refractivity contribution in [2.45, 2.75) is 13.0 Å². The van der Waals surface area contributed by atoms with Crippen LogP contribution in [0.5, 0.6) is 5.75 Å². The van der Waals surface area contributed by atoms with Gasteiger partial charge in [0, 0.05) is 29.2 Å². The minimum absolute atomic E-state index is 0.0807. The predicted octanol–water partition coefficient (Wildman–Crippen LogP) is 4.03. The van der Waals surface area contributed by atoms with E-state index in [2.05, 4.69) is 5.32 Å². The van der Waals surface area contributed by atoms with Crippen LogP contribution in [0.25, 0.3) is 0 Å². The minimum Gasteiger partial charge on any atom is -0.482 e. The quantitative estimate of drug-likeness (QED) is 0.508. The van der Waals surface area contributed by atoms with Crippen LogP contribution in [0.2, 0.25) is 5.02 Å². The number of ether oxygens (including phenoxy) is 1. The summed E-state index contributed by atoms with van der Waals surface area (Å²) in [5, 5.41) is 2.90. The molecule has 2 aliphatic rings. The molecule has 3 aromatic carbocycles. The molecule has 182 valence electrons. The van der Waals surface area contributed by atoms with E-state index in [0.29, 0.717) is 28.3 Å². The van der Waals surface area contributed by atoms with Crippen LogP contribution in [0, 0.1) is 5.82 Å². The number of halogens is 2. The Labute approximate surface area is 210 Å². The lowest BCUT2D eigenvalue weighted by Crippen LogP contribution is -2.38. The largest absolute Gasteiger partial charge is 0.482 e. The van der Waals surface area contributed by atoms with Gasteiger partial charge < -0.3 is 15.0 Å². The number of carbonyl (C=O) groups excluding carboxylic acids is 4. The Morgan fingerprint density at radius 2 is 1.69 bits per heavy atom. The zero-order chi connectivity index (χ0) is 25.4. The summed E-state index contributed by atoms with van der Waals surface area (Å²) in [6.45, 7) is -0.411. The molecule has 0 unspecified atom stereocenters.